The molecule has 200 valence electrons. The quantitative estimate of drug-likeness (QED) is 0.412. The lowest BCUT2D eigenvalue weighted by molar-refractivity contribution is -0.127. The van der Waals surface area contributed by atoms with Crippen molar-refractivity contribution in [2.45, 2.75) is 13.0 Å². The summed E-state index contributed by atoms with van der Waals surface area (Å²) in [6, 6.07) is 9.63. The number of tetrazole rings is 1. The Balaban J connectivity index is 1.08. The molecule has 3 aliphatic rings. The number of nitrogens with zero attached hydrogens (tertiary/aromatic N) is 8. The Labute approximate surface area is 223 Å². The van der Waals surface area contributed by atoms with Gasteiger partial charge in [-0.25, -0.2) is 9.31 Å². The van der Waals surface area contributed by atoms with Gasteiger partial charge in [-0.2, -0.15) is 9.90 Å². The zero-order valence-corrected chi connectivity index (χ0v) is 21.6. The van der Waals surface area contributed by atoms with Gasteiger partial charge in [0.15, 0.2) is 0 Å². The standard InChI is InChI=1S/C26H27N9O4/c1-16-3-4-17(23-29-31-35(30-23)19-10-32(11-19)25(37)38-2)7-21(16)28-24(36)20-9-27-34-6-5-18(8-22(20)34)33-12-26(13-33)14-39-15-26/h3-9,19H,10-15H2,1-2H3,(H,28,36). The van der Waals surface area contributed by atoms with E-state index in [1.807, 2.05) is 43.5 Å². The number of benzene rings is 1. The van der Waals surface area contributed by atoms with Crippen LogP contribution in [0.15, 0.2) is 42.7 Å². The Bertz CT molecular complexity index is 1590. The van der Waals surface area contributed by atoms with E-state index in [2.05, 4.69) is 30.7 Å². The summed E-state index contributed by atoms with van der Waals surface area (Å²) in [7, 11) is 1.36. The van der Waals surface area contributed by atoms with Gasteiger partial charge in [-0.3, -0.25) is 4.79 Å². The molecule has 4 aromatic rings. The first-order valence-corrected chi connectivity index (χ1v) is 12.8. The molecule has 0 bridgehead atoms. The number of nitrogens with one attached hydrogen (secondary N) is 1. The lowest BCUT2D eigenvalue weighted by Crippen LogP contribution is -2.66. The first-order valence-electron chi connectivity index (χ1n) is 12.8. The molecule has 7 rings (SSSR count). The van der Waals surface area contributed by atoms with Gasteiger partial charge in [-0.1, -0.05) is 12.1 Å². The third kappa shape index (κ3) is 3.96. The number of aromatic nitrogens is 6. The maximum atomic E-state index is 13.4. The second-order valence-electron chi connectivity index (χ2n) is 10.6. The fourth-order valence-corrected chi connectivity index (χ4v) is 5.32. The largest absolute Gasteiger partial charge is 0.453 e. The topological polar surface area (TPSA) is 132 Å². The number of amides is 2. The van der Waals surface area contributed by atoms with Crippen LogP contribution in [0.3, 0.4) is 0 Å². The smallest absolute Gasteiger partial charge is 0.409 e. The van der Waals surface area contributed by atoms with Crippen LogP contribution in [0, 0.1) is 12.3 Å². The van der Waals surface area contributed by atoms with E-state index in [-0.39, 0.29) is 18.0 Å². The Kier molecular flexibility index (Phi) is 5.30. The van der Waals surface area contributed by atoms with Crippen LogP contribution >= 0.6 is 0 Å². The predicted molar refractivity (Wildman–Crippen MR) is 140 cm³/mol. The molecule has 13 nitrogen and oxygen atoms in total. The molecular weight excluding hydrogens is 502 g/mol. The monoisotopic (exact) mass is 529 g/mol. The third-order valence-corrected chi connectivity index (χ3v) is 7.78. The average Bonchev–Trinajstić information content (AvgIpc) is 3.50. The van der Waals surface area contributed by atoms with Gasteiger partial charge in [0, 0.05) is 36.2 Å². The maximum Gasteiger partial charge on any atom is 0.409 e. The molecule has 0 radical (unpaired) electrons. The first kappa shape index (κ1) is 23.6. The number of carbonyl (C=O) groups excluding carboxylic acids is 2. The van der Waals surface area contributed by atoms with E-state index in [4.69, 9.17) is 9.47 Å². The normalized spacial score (nSPS) is 18.0. The second-order valence-corrected chi connectivity index (χ2v) is 10.6. The minimum absolute atomic E-state index is 0.0562. The van der Waals surface area contributed by atoms with Gasteiger partial charge in [0.05, 0.1) is 56.1 Å². The maximum absolute atomic E-state index is 13.4. The van der Waals surface area contributed by atoms with E-state index in [0.717, 1.165) is 48.6 Å². The summed E-state index contributed by atoms with van der Waals surface area (Å²) in [5.74, 6) is 0.190. The van der Waals surface area contributed by atoms with Crippen LogP contribution < -0.4 is 10.2 Å². The molecule has 0 unspecified atom stereocenters. The molecule has 0 saturated carbocycles. The summed E-state index contributed by atoms with van der Waals surface area (Å²) in [5, 5.41) is 20.3. The number of rotatable bonds is 5. The van der Waals surface area contributed by atoms with Crippen LogP contribution in [-0.4, -0.2) is 93.2 Å². The molecule has 3 saturated heterocycles. The summed E-state index contributed by atoms with van der Waals surface area (Å²) in [6.45, 7) is 6.44. The molecule has 1 spiro atoms. The Hall–Kier alpha value is -4.52. The van der Waals surface area contributed by atoms with Gasteiger partial charge in [0.1, 0.15) is 6.04 Å². The number of anilines is 2. The fraction of sp³-hybridized carbons (Fsp3) is 0.385. The number of aryl methyl sites for hydroxylation is 1. The number of fused-ring (bicyclic) bond motifs is 1. The van der Waals surface area contributed by atoms with Crippen molar-refractivity contribution < 1.29 is 19.1 Å². The van der Waals surface area contributed by atoms with Crippen molar-refractivity contribution in [3.8, 4) is 11.4 Å². The van der Waals surface area contributed by atoms with E-state index in [1.54, 1.807) is 15.6 Å². The molecule has 3 fully saturated rings. The number of carbonyl (C=O) groups is 2. The average molecular weight is 530 g/mol. The van der Waals surface area contributed by atoms with Crippen LogP contribution in [0.2, 0.25) is 0 Å². The number of pyridine rings is 1. The van der Waals surface area contributed by atoms with Gasteiger partial charge in [-0.05, 0) is 35.9 Å². The van der Waals surface area contributed by atoms with Crippen molar-refractivity contribution in [1.29, 1.82) is 0 Å². The highest BCUT2D eigenvalue weighted by atomic mass is 16.5. The van der Waals surface area contributed by atoms with Crippen LogP contribution in [0.4, 0.5) is 16.2 Å². The predicted octanol–water partition coefficient (Wildman–Crippen LogP) is 2.01. The van der Waals surface area contributed by atoms with Gasteiger partial charge in [0.2, 0.25) is 5.82 Å². The molecule has 6 heterocycles. The Morgan fingerprint density at radius 1 is 1.15 bits per heavy atom. The molecule has 0 aliphatic carbocycles. The zero-order valence-electron chi connectivity index (χ0n) is 21.6. The van der Waals surface area contributed by atoms with Crippen LogP contribution in [0.1, 0.15) is 22.0 Å². The molecule has 1 aromatic carbocycles. The second kappa shape index (κ2) is 8.76. The van der Waals surface area contributed by atoms with Gasteiger partial charge < -0.3 is 24.6 Å². The van der Waals surface area contributed by atoms with Gasteiger partial charge in [-0.15, -0.1) is 10.2 Å². The molecule has 3 aromatic heterocycles. The number of hydrogen-bond donors (Lipinski definition) is 1. The van der Waals surface area contributed by atoms with Crippen molar-refractivity contribution in [1.82, 2.24) is 34.7 Å². The molecule has 1 N–H and O–H groups in total. The highest BCUT2D eigenvalue weighted by Gasteiger charge is 2.49. The Morgan fingerprint density at radius 2 is 1.97 bits per heavy atom. The van der Waals surface area contributed by atoms with Crippen molar-refractivity contribution >= 4 is 28.9 Å². The Morgan fingerprint density at radius 3 is 2.72 bits per heavy atom. The lowest BCUT2D eigenvalue weighted by atomic mass is 9.78. The number of ether oxygens (including phenoxy) is 2. The number of likely N-dealkylation sites (tertiary alicyclic amines) is 1. The molecule has 39 heavy (non-hydrogen) atoms. The summed E-state index contributed by atoms with van der Waals surface area (Å²) in [6.07, 6.45) is 3.11. The van der Waals surface area contributed by atoms with Crippen molar-refractivity contribution in [3.05, 3.63) is 53.9 Å². The van der Waals surface area contributed by atoms with E-state index in [9.17, 15) is 9.59 Å². The molecular formula is C26H27N9O4. The third-order valence-electron chi connectivity index (χ3n) is 7.78. The van der Waals surface area contributed by atoms with Crippen LogP contribution in [0.25, 0.3) is 16.9 Å². The minimum atomic E-state index is -0.370. The first-order chi connectivity index (χ1) is 18.9. The highest BCUT2D eigenvalue weighted by Crippen LogP contribution is 2.40. The molecule has 2 amide bonds. The zero-order chi connectivity index (χ0) is 26.7. The van der Waals surface area contributed by atoms with E-state index in [0.29, 0.717) is 35.6 Å². The fourth-order valence-electron chi connectivity index (χ4n) is 5.32. The van der Waals surface area contributed by atoms with Crippen molar-refractivity contribution in [3.63, 3.8) is 0 Å². The van der Waals surface area contributed by atoms with Gasteiger partial charge >= 0.3 is 6.09 Å². The van der Waals surface area contributed by atoms with E-state index < -0.39 is 0 Å². The van der Waals surface area contributed by atoms with Gasteiger partial charge in [0.25, 0.3) is 5.91 Å². The van der Waals surface area contributed by atoms with Crippen molar-refractivity contribution in [2.24, 2.45) is 5.41 Å². The molecule has 3 aliphatic heterocycles. The SMILES string of the molecule is COC(=O)N1CC(n2nnc(-c3ccc(C)c(NC(=O)c4cnn5ccc(N6CC7(COC7)C6)cc45)c3)n2)C1. The lowest BCUT2D eigenvalue weighted by Gasteiger charge is -2.56. The minimum Gasteiger partial charge on any atom is -0.453 e. The number of methoxy groups -OCH3 is 1. The van der Waals surface area contributed by atoms with Crippen LogP contribution in [0.5, 0.6) is 0 Å². The number of hydrogen-bond acceptors (Lipinski definition) is 9. The summed E-state index contributed by atoms with van der Waals surface area (Å²) in [4.78, 5) is 30.4. The highest BCUT2D eigenvalue weighted by molar-refractivity contribution is 6.09. The summed E-state index contributed by atoms with van der Waals surface area (Å²) < 4.78 is 11.8. The summed E-state index contributed by atoms with van der Waals surface area (Å²) >= 11 is 0. The van der Waals surface area contributed by atoms with Crippen LogP contribution in [-0.2, 0) is 9.47 Å². The van der Waals surface area contributed by atoms with E-state index in [1.165, 1.54) is 11.9 Å². The van der Waals surface area contributed by atoms with Crippen molar-refractivity contribution in [2.75, 3.05) is 56.7 Å². The molecule has 13 heteroatoms. The molecule has 0 atom stereocenters. The summed E-state index contributed by atoms with van der Waals surface area (Å²) in [5.41, 5.74) is 4.89. The van der Waals surface area contributed by atoms with E-state index >= 15 is 0 Å².